The van der Waals surface area contributed by atoms with E-state index in [2.05, 4.69) is 12.2 Å². The van der Waals surface area contributed by atoms with Gasteiger partial charge < -0.3 is 0 Å². The fourth-order valence-electron chi connectivity index (χ4n) is 4.75. The van der Waals surface area contributed by atoms with Gasteiger partial charge in [-0.15, -0.1) is 0 Å². The molecule has 3 aliphatic carbocycles. The maximum Gasteiger partial charge on any atom is 0.233 e. The van der Waals surface area contributed by atoms with Gasteiger partial charge in [0.25, 0.3) is 0 Å². The summed E-state index contributed by atoms with van der Waals surface area (Å²) in [6, 6.07) is 0. The number of allylic oxidation sites excluding steroid dienone is 2. The van der Waals surface area contributed by atoms with Gasteiger partial charge in [0.15, 0.2) is 0 Å². The second-order valence-electron chi connectivity index (χ2n) is 6.82. The van der Waals surface area contributed by atoms with Crippen LogP contribution in [0.15, 0.2) is 12.2 Å². The second kappa shape index (κ2) is 4.19. The van der Waals surface area contributed by atoms with Crippen LogP contribution in [0.2, 0.25) is 0 Å². The molecule has 3 nitrogen and oxygen atoms in total. The minimum Gasteiger partial charge on any atom is -0.282 e. The smallest absolute Gasteiger partial charge is 0.233 e. The predicted octanol–water partition coefficient (Wildman–Crippen LogP) is 2.37. The summed E-state index contributed by atoms with van der Waals surface area (Å²) in [6.07, 6.45) is 11.1. The van der Waals surface area contributed by atoms with Crippen LogP contribution in [-0.2, 0) is 9.59 Å². The van der Waals surface area contributed by atoms with Gasteiger partial charge in [-0.05, 0) is 43.4 Å². The molecule has 0 aromatic carbocycles. The van der Waals surface area contributed by atoms with Gasteiger partial charge in [-0.2, -0.15) is 0 Å². The molecular formula is C16H21NO2. The van der Waals surface area contributed by atoms with Gasteiger partial charge >= 0.3 is 0 Å². The average Bonchev–Trinajstić information content (AvgIpc) is 3.10. The van der Waals surface area contributed by atoms with Crippen LogP contribution in [0.5, 0.6) is 0 Å². The molecule has 4 rings (SSSR count). The first-order valence-corrected chi connectivity index (χ1v) is 7.77. The van der Waals surface area contributed by atoms with Crippen molar-refractivity contribution in [2.75, 3.05) is 6.54 Å². The SMILES string of the molecule is O=C1C2CCCCC2C(=O)N1CC1CC2C=CC1C2. The fraction of sp³-hybridized carbons (Fsp3) is 0.750. The monoisotopic (exact) mass is 259 g/mol. The number of rotatable bonds is 2. The van der Waals surface area contributed by atoms with E-state index in [4.69, 9.17) is 0 Å². The lowest BCUT2D eigenvalue weighted by Gasteiger charge is -2.24. The molecule has 0 spiro atoms. The van der Waals surface area contributed by atoms with Crippen LogP contribution in [0, 0.1) is 29.6 Å². The molecule has 0 N–H and O–H groups in total. The maximum absolute atomic E-state index is 12.4. The Morgan fingerprint density at radius 1 is 1.00 bits per heavy atom. The topological polar surface area (TPSA) is 37.4 Å². The molecule has 102 valence electrons. The van der Waals surface area contributed by atoms with Gasteiger partial charge in [0.1, 0.15) is 0 Å². The van der Waals surface area contributed by atoms with Crippen LogP contribution in [0.1, 0.15) is 38.5 Å². The third-order valence-corrected chi connectivity index (χ3v) is 5.77. The van der Waals surface area contributed by atoms with Crippen LogP contribution < -0.4 is 0 Å². The third kappa shape index (κ3) is 1.70. The van der Waals surface area contributed by atoms with E-state index >= 15 is 0 Å². The molecule has 3 fully saturated rings. The standard InChI is InChI=1S/C16H21NO2/c18-15-13-3-1-2-4-14(13)16(19)17(15)9-12-8-10-5-6-11(12)7-10/h5-6,10-14H,1-4,7-9H2. The number of likely N-dealkylation sites (tertiary alicyclic amines) is 1. The Bertz CT molecular complexity index is 432. The average molecular weight is 259 g/mol. The van der Waals surface area contributed by atoms with E-state index in [1.807, 2.05) is 0 Å². The highest BCUT2D eigenvalue weighted by molar-refractivity contribution is 6.05. The quantitative estimate of drug-likeness (QED) is 0.564. The molecule has 19 heavy (non-hydrogen) atoms. The number of carbonyl (C=O) groups excluding carboxylic acids is 2. The lowest BCUT2D eigenvalue weighted by Crippen LogP contribution is -2.36. The second-order valence-corrected chi connectivity index (χ2v) is 6.82. The number of nitrogens with zero attached hydrogens (tertiary/aromatic N) is 1. The van der Waals surface area contributed by atoms with Crippen LogP contribution in [0.25, 0.3) is 0 Å². The molecule has 2 saturated carbocycles. The summed E-state index contributed by atoms with van der Waals surface area (Å²) in [5.41, 5.74) is 0. The van der Waals surface area contributed by atoms with Crippen LogP contribution >= 0.6 is 0 Å². The summed E-state index contributed by atoms with van der Waals surface area (Å²) in [6.45, 7) is 0.691. The van der Waals surface area contributed by atoms with Crippen LogP contribution in [-0.4, -0.2) is 23.3 Å². The van der Waals surface area contributed by atoms with E-state index in [0.717, 1.165) is 25.7 Å². The summed E-state index contributed by atoms with van der Waals surface area (Å²) < 4.78 is 0. The molecule has 0 radical (unpaired) electrons. The van der Waals surface area contributed by atoms with Crippen molar-refractivity contribution in [3.8, 4) is 0 Å². The van der Waals surface area contributed by atoms with E-state index in [-0.39, 0.29) is 23.7 Å². The Morgan fingerprint density at radius 3 is 2.21 bits per heavy atom. The number of imide groups is 1. The largest absolute Gasteiger partial charge is 0.282 e. The minimum absolute atomic E-state index is 0.0235. The van der Waals surface area contributed by atoms with Gasteiger partial charge in [0.2, 0.25) is 11.8 Å². The lowest BCUT2D eigenvalue weighted by molar-refractivity contribution is -0.140. The van der Waals surface area contributed by atoms with Crippen molar-refractivity contribution in [3.63, 3.8) is 0 Å². The lowest BCUT2D eigenvalue weighted by atomic mass is 9.81. The maximum atomic E-state index is 12.4. The number of hydrogen-bond acceptors (Lipinski definition) is 2. The summed E-state index contributed by atoms with van der Waals surface area (Å²) in [5, 5.41) is 0. The Balaban J connectivity index is 1.50. The molecule has 1 aliphatic heterocycles. The molecule has 5 atom stereocenters. The van der Waals surface area contributed by atoms with Crippen molar-refractivity contribution in [1.29, 1.82) is 0 Å². The molecule has 5 unspecified atom stereocenters. The summed E-state index contributed by atoms with van der Waals surface area (Å²) in [5.74, 6) is 2.19. The number of amides is 2. The molecule has 0 aromatic heterocycles. The van der Waals surface area contributed by atoms with E-state index < -0.39 is 0 Å². The summed E-state index contributed by atoms with van der Waals surface area (Å²) >= 11 is 0. The van der Waals surface area contributed by atoms with E-state index in [9.17, 15) is 9.59 Å². The first-order valence-electron chi connectivity index (χ1n) is 7.77. The van der Waals surface area contributed by atoms with Gasteiger partial charge in [-0.3, -0.25) is 14.5 Å². The zero-order valence-corrected chi connectivity index (χ0v) is 11.3. The van der Waals surface area contributed by atoms with Crippen molar-refractivity contribution in [1.82, 2.24) is 4.90 Å². The van der Waals surface area contributed by atoms with Gasteiger partial charge in [0, 0.05) is 6.54 Å². The molecule has 2 bridgehead atoms. The van der Waals surface area contributed by atoms with Gasteiger partial charge in [0.05, 0.1) is 11.8 Å². The van der Waals surface area contributed by atoms with Gasteiger partial charge in [-0.1, -0.05) is 25.0 Å². The van der Waals surface area contributed by atoms with Crippen molar-refractivity contribution < 1.29 is 9.59 Å². The van der Waals surface area contributed by atoms with E-state index in [0.29, 0.717) is 24.3 Å². The fourth-order valence-corrected chi connectivity index (χ4v) is 4.75. The highest BCUT2D eigenvalue weighted by Gasteiger charge is 2.49. The molecule has 0 aromatic rings. The Hall–Kier alpha value is -1.12. The molecular weight excluding hydrogens is 238 g/mol. The first-order chi connectivity index (χ1) is 9.24. The Labute approximate surface area is 114 Å². The van der Waals surface area contributed by atoms with E-state index in [1.54, 1.807) is 4.90 Å². The number of fused-ring (bicyclic) bond motifs is 3. The molecule has 3 heteroatoms. The predicted molar refractivity (Wildman–Crippen MR) is 71.0 cm³/mol. The van der Waals surface area contributed by atoms with Crippen molar-refractivity contribution in [2.24, 2.45) is 29.6 Å². The Kier molecular flexibility index (Phi) is 2.58. The minimum atomic E-state index is 0.0235. The number of hydrogen-bond donors (Lipinski definition) is 0. The highest BCUT2D eigenvalue weighted by atomic mass is 16.2. The zero-order valence-electron chi connectivity index (χ0n) is 11.3. The van der Waals surface area contributed by atoms with Crippen molar-refractivity contribution >= 4 is 11.8 Å². The summed E-state index contributed by atoms with van der Waals surface area (Å²) in [4.78, 5) is 26.5. The molecule has 1 saturated heterocycles. The van der Waals surface area contributed by atoms with Crippen LogP contribution in [0.4, 0.5) is 0 Å². The van der Waals surface area contributed by atoms with E-state index in [1.165, 1.54) is 12.8 Å². The van der Waals surface area contributed by atoms with Crippen molar-refractivity contribution in [2.45, 2.75) is 38.5 Å². The molecule has 1 heterocycles. The normalized spacial score (nSPS) is 44.2. The van der Waals surface area contributed by atoms with Crippen LogP contribution in [0.3, 0.4) is 0 Å². The third-order valence-electron chi connectivity index (χ3n) is 5.77. The number of carbonyl (C=O) groups is 2. The van der Waals surface area contributed by atoms with Crippen molar-refractivity contribution in [3.05, 3.63) is 12.2 Å². The molecule has 4 aliphatic rings. The zero-order chi connectivity index (χ0) is 13.0. The first kappa shape index (κ1) is 11.7. The molecule has 2 amide bonds. The summed E-state index contributed by atoms with van der Waals surface area (Å²) in [7, 11) is 0. The Morgan fingerprint density at radius 2 is 1.68 bits per heavy atom. The highest BCUT2D eigenvalue weighted by Crippen LogP contribution is 2.45. The van der Waals surface area contributed by atoms with Gasteiger partial charge in [-0.25, -0.2) is 0 Å².